The normalized spacial score (nSPS) is 14.5. The van der Waals surface area contributed by atoms with Gasteiger partial charge in [-0.3, -0.25) is 0 Å². The molecule has 0 aliphatic rings. The zero-order valence-corrected chi connectivity index (χ0v) is 12.7. The molecule has 0 spiro atoms. The van der Waals surface area contributed by atoms with Crippen LogP contribution in [0.15, 0.2) is 0 Å². The van der Waals surface area contributed by atoms with Crippen LogP contribution >= 0.6 is 0 Å². The third-order valence-corrected chi connectivity index (χ3v) is 3.71. The fraction of sp³-hybridized carbons (Fsp3) is 1.00. The fourth-order valence-electron chi connectivity index (χ4n) is 2.30. The van der Waals surface area contributed by atoms with E-state index in [1.54, 1.807) is 6.92 Å². The molecule has 0 radical (unpaired) electrons. The molecule has 0 aromatic rings. The summed E-state index contributed by atoms with van der Waals surface area (Å²) in [6.45, 7) is 1.98. The summed E-state index contributed by atoms with van der Waals surface area (Å²) < 4.78 is 0. The van der Waals surface area contributed by atoms with Gasteiger partial charge in [0.15, 0.2) is 0 Å². The second-order valence-corrected chi connectivity index (χ2v) is 5.71. The molecule has 0 amide bonds. The van der Waals surface area contributed by atoms with E-state index in [-0.39, 0.29) is 0 Å². The lowest BCUT2D eigenvalue weighted by Gasteiger charge is -2.12. The molecule has 0 aliphatic carbocycles. The molecule has 0 heterocycles. The Bertz CT molecular complexity index is 171. The van der Waals surface area contributed by atoms with Crippen LogP contribution in [0.1, 0.15) is 84.0 Å². The lowest BCUT2D eigenvalue weighted by molar-refractivity contribution is 0.0247. The van der Waals surface area contributed by atoms with Gasteiger partial charge >= 0.3 is 0 Å². The number of rotatable bonds is 14. The summed E-state index contributed by atoms with van der Waals surface area (Å²) >= 11 is 0. The van der Waals surface area contributed by atoms with Gasteiger partial charge in [0, 0.05) is 6.61 Å². The van der Waals surface area contributed by atoms with Crippen molar-refractivity contribution >= 4 is 0 Å². The van der Waals surface area contributed by atoms with Crippen LogP contribution in [0.5, 0.6) is 0 Å². The van der Waals surface area contributed by atoms with Crippen molar-refractivity contribution in [1.29, 1.82) is 0 Å². The highest BCUT2D eigenvalue weighted by atomic mass is 16.3. The molecule has 0 bridgehead atoms. The van der Waals surface area contributed by atoms with Gasteiger partial charge in [-0.15, -0.1) is 0 Å². The van der Waals surface area contributed by atoms with E-state index in [0.717, 1.165) is 19.3 Å². The molecule has 3 nitrogen and oxygen atoms in total. The molecule has 19 heavy (non-hydrogen) atoms. The maximum absolute atomic E-state index is 9.42. The first kappa shape index (κ1) is 18.9. The van der Waals surface area contributed by atoms with Gasteiger partial charge in [0.1, 0.15) is 0 Å². The molecule has 0 rings (SSSR count). The van der Waals surface area contributed by atoms with Crippen molar-refractivity contribution < 1.29 is 15.3 Å². The van der Waals surface area contributed by atoms with Gasteiger partial charge in [-0.05, 0) is 19.8 Å². The summed E-state index contributed by atoms with van der Waals surface area (Å²) in [5.74, 6) is 0. The summed E-state index contributed by atoms with van der Waals surface area (Å²) in [6, 6.07) is 0. The molecule has 2 atom stereocenters. The highest BCUT2D eigenvalue weighted by Crippen LogP contribution is 2.13. The van der Waals surface area contributed by atoms with Crippen LogP contribution in [-0.2, 0) is 0 Å². The average Bonchev–Trinajstić information content (AvgIpc) is 2.39. The van der Waals surface area contributed by atoms with E-state index in [1.807, 2.05) is 0 Å². The maximum atomic E-state index is 9.42. The third kappa shape index (κ3) is 14.1. The van der Waals surface area contributed by atoms with Crippen LogP contribution in [0.4, 0.5) is 0 Å². The number of unbranched alkanes of at least 4 members (excludes halogenated alkanes) is 10. The fourth-order valence-corrected chi connectivity index (χ4v) is 2.30. The van der Waals surface area contributed by atoms with Crippen molar-refractivity contribution in [2.45, 2.75) is 96.2 Å². The van der Waals surface area contributed by atoms with Gasteiger partial charge in [0.2, 0.25) is 0 Å². The minimum absolute atomic E-state index is 0.337. The number of hydrogen-bond acceptors (Lipinski definition) is 3. The largest absolute Gasteiger partial charge is 0.396 e. The Labute approximate surface area is 119 Å². The molecule has 0 aliphatic heterocycles. The van der Waals surface area contributed by atoms with Gasteiger partial charge in [-0.25, -0.2) is 0 Å². The van der Waals surface area contributed by atoms with E-state index in [2.05, 4.69) is 0 Å². The summed E-state index contributed by atoms with van der Waals surface area (Å²) in [5, 5.41) is 27.2. The minimum atomic E-state index is -0.592. The first-order valence-corrected chi connectivity index (χ1v) is 8.15. The van der Waals surface area contributed by atoms with Crippen LogP contribution in [0.3, 0.4) is 0 Å². The Morgan fingerprint density at radius 3 is 1.37 bits per heavy atom. The van der Waals surface area contributed by atoms with Crippen LogP contribution in [0.2, 0.25) is 0 Å². The molecule has 0 saturated heterocycles. The molecule has 3 N–H and O–H groups in total. The maximum Gasteiger partial charge on any atom is 0.0796 e. The summed E-state index contributed by atoms with van der Waals surface area (Å²) in [4.78, 5) is 0. The first-order chi connectivity index (χ1) is 9.18. The van der Waals surface area contributed by atoms with Gasteiger partial charge in [-0.2, -0.15) is 0 Å². The van der Waals surface area contributed by atoms with E-state index in [0.29, 0.717) is 6.61 Å². The van der Waals surface area contributed by atoms with E-state index in [9.17, 15) is 5.11 Å². The standard InChI is InChI=1S/C16H34O3/c1-15(18)16(19)13-11-9-7-5-3-2-4-6-8-10-12-14-17/h15-19H,2-14H2,1H3. The Balaban J connectivity index is 3.03. The molecular formula is C16H34O3. The van der Waals surface area contributed by atoms with Gasteiger partial charge in [0.05, 0.1) is 12.2 Å². The van der Waals surface area contributed by atoms with Gasteiger partial charge in [0.25, 0.3) is 0 Å². The van der Waals surface area contributed by atoms with Crippen molar-refractivity contribution in [1.82, 2.24) is 0 Å². The monoisotopic (exact) mass is 274 g/mol. The molecule has 116 valence electrons. The van der Waals surface area contributed by atoms with Gasteiger partial charge in [-0.1, -0.05) is 64.2 Å². The Morgan fingerprint density at radius 2 is 1.00 bits per heavy atom. The molecule has 0 aromatic carbocycles. The first-order valence-electron chi connectivity index (χ1n) is 8.15. The van der Waals surface area contributed by atoms with E-state index in [1.165, 1.54) is 57.8 Å². The molecule has 0 aromatic heterocycles. The van der Waals surface area contributed by atoms with Crippen molar-refractivity contribution in [2.75, 3.05) is 6.61 Å². The lowest BCUT2D eigenvalue weighted by atomic mass is 10.0. The van der Waals surface area contributed by atoms with Crippen LogP contribution in [-0.4, -0.2) is 34.1 Å². The zero-order valence-electron chi connectivity index (χ0n) is 12.7. The smallest absolute Gasteiger partial charge is 0.0796 e. The second kappa shape index (κ2) is 14.3. The Kier molecular flexibility index (Phi) is 14.2. The molecule has 2 unspecified atom stereocenters. The summed E-state index contributed by atoms with van der Waals surface area (Å²) in [7, 11) is 0. The van der Waals surface area contributed by atoms with E-state index in [4.69, 9.17) is 10.2 Å². The quantitative estimate of drug-likeness (QED) is 0.425. The Hall–Kier alpha value is -0.120. The van der Waals surface area contributed by atoms with Crippen molar-refractivity contribution in [3.63, 3.8) is 0 Å². The predicted octanol–water partition coefficient (Wildman–Crippen LogP) is 3.40. The van der Waals surface area contributed by atoms with Crippen LogP contribution < -0.4 is 0 Å². The lowest BCUT2D eigenvalue weighted by Crippen LogP contribution is -2.21. The Morgan fingerprint density at radius 1 is 0.632 bits per heavy atom. The summed E-state index contributed by atoms with van der Waals surface area (Å²) in [5.41, 5.74) is 0. The molecule has 0 saturated carbocycles. The van der Waals surface area contributed by atoms with Crippen molar-refractivity contribution in [3.8, 4) is 0 Å². The van der Waals surface area contributed by atoms with Crippen LogP contribution in [0.25, 0.3) is 0 Å². The van der Waals surface area contributed by atoms with Crippen LogP contribution in [0, 0.1) is 0 Å². The molecule has 0 fully saturated rings. The second-order valence-electron chi connectivity index (χ2n) is 5.71. The highest BCUT2D eigenvalue weighted by Gasteiger charge is 2.09. The number of aliphatic hydroxyl groups is 3. The minimum Gasteiger partial charge on any atom is -0.396 e. The topological polar surface area (TPSA) is 60.7 Å². The van der Waals surface area contributed by atoms with Crippen molar-refractivity contribution in [2.24, 2.45) is 0 Å². The van der Waals surface area contributed by atoms with E-state index >= 15 is 0 Å². The SMILES string of the molecule is CC(O)C(O)CCCCCCCCCCCCCO. The number of hydrogen-bond donors (Lipinski definition) is 3. The molecular weight excluding hydrogens is 240 g/mol. The third-order valence-electron chi connectivity index (χ3n) is 3.71. The number of aliphatic hydroxyl groups excluding tert-OH is 3. The zero-order chi connectivity index (χ0) is 14.3. The predicted molar refractivity (Wildman–Crippen MR) is 80.2 cm³/mol. The average molecular weight is 274 g/mol. The highest BCUT2D eigenvalue weighted by molar-refractivity contribution is 4.61. The van der Waals surface area contributed by atoms with E-state index < -0.39 is 12.2 Å². The van der Waals surface area contributed by atoms with Gasteiger partial charge < -0.3 is 15.3 Å². The summed E-state index contributed by atoms with van der Waals surface area (Å²) in [6.07, 6.45) is 13.0. The molecule has 3 heteroatoms. The van der Waals surface area contributed by atoms with Crippen molar-refractivity contribution in [3.05, 3.63) is 0 Å².